The van der Waals surface area contributed by atoms with Crippen molar-refractivity contribution in [2.24, 2.45) is 5.92 Å². The summed E-state index contributed by atoms with van der Waals surface area (Å²) in [5, 5.41) is 11.3. The van der Waals surface area contributed by atoms with Crippen molar-refractivity contribution in [2.45, 2.75) is 33.1 Å². The average Bonchev–Trinajstić information content (AvgIpc) is 3.03. The molecule has 6 nitrogen and oxygen atoms in total. The van der Waals surface area contributed by atoms with E-state index in [4.69, 9.17) is 0 Å². The summed E-state index contributed by atoms with van der Waals surface area (Å²) < 4.78 is 1.71. The van der Waals surface area contributed by atoms with Gasteiger partial charge in [-0.3, -0.25) is 4.79 Å². The number of nitrogens with zero attached hydrogens (tertiary/aromatic N) is 4. The lowest BCUT2D eigenvalue weighted by atomic mass is 9.96. The molecule has 0 bridgehead atoms. The van der Waals surface area contributed by atoms with E-state index in [2.05, 4.69) is 27.5 Å². The number of aromatic nitrogens is 3. The number of hydrogen-bond acceptors (Lipinski definition) is 4. The SMILES string of the molecule is CCCN1CCC(CNC(=O)c2nnn(-c3ccccc3)c2C)CC1.Cl. The van der Waals surface area contributed by atoms with Crippen LogP contribution in [-0.4, -0.2) is 52.0 Å². The molecule has 0 atom stereocenters. The first-order chi connectivity index (χ1) is 12.2. The zero-order valence-corrected chi connectivity index (χ0v) is 16.3. The molecule has 0 saturated carbocycles. The minimum absolute atomic E-state index is 0. The fourth-order valence-electron chi connectivity index (χ4n) is 3.40. The van der Waals surface area contributed by atoms with Crippen LogP contribution in [-0.2, 0) is 0 Å². The summed E-state index contributed by atoms with van der Waals surface area (Å²) in [6.07, 6.45) is 3.50. The van der Waals surface area contributed by atoms with Crippen molar-refractivity contribution in [2.75, 3.05) is 26.2 Å². The molecule has 142 valence electrons. The van der Waals surface area contributed by atoms with Crippen LogP contribution in [0.25, 0.3) is 5.69 Å². The second kappa shape index (κ2) is 9.69. The van der Waals surface area contributed by atoms with Gasteiger partial charge in [0.2, 0.25) is 0 Å². The minimum atomic E-state index is -0.129. The number of hydrogen-bond donors (Lipinski definition) is 1. The van der Waals surface area contributed by atoms with Crippen LogP contribution in [0.15, 0.2) is 30.3 Å². The first-order valence-corrected chi connectivity index (χ1v) is 9.17. The van der Waals surface area contributed by atoms with Crippen molar-refractivity contribution in [1.29, 1.82) is 0 Å². The van der Waals surface area contributed by atoms with Crippen LogP contribution in [0.2, 0.25) is 0 Å². The number of para-hydroxylation sites is 1. The minimum Gasteiger partial charge on any atom is -0.350 e. The highest BCUT2D eigenvalue weighted by atomic mass is 35.5. The van der Waals surface area contributed by atoms with Gasteiger partial charge in [0, 0.05) is 6.54 Å². The van der Waals surface area contributed by atoms with Crippen LogP contribution in [0, 0.1) is 12.8 Å². The molecule has 1 amide bonds. The summed E-state index contributed by atoms with van der Waals surface area (Å²) >= 11 is 0. The van der Waals surface area contributed by atoms with Crippen molar-refractivity contribution in [3.8, 4) is 5.69 Å². The third-order valence-corrected chi connectivity index (χ3v) is 4.91. The third-order valence-electron chi connectivity index (χ3n) is 4.91. The molecule has 26 heavy (non-hydrogen) atoms. The van der Waals surface area contributed by atoms with Crippen molar-refractivity contribution in [3.05, 3.63) is 41.7 Å². The molecule has 3 rings (SSSR count). The average molecular weight is 378 g/mol. The number of carbonyl (C=O) groups excluding carboxylic acids is 1. The van der Waals surface area contributed by atoms with Gasteiger partial charge in [-0.25, -0.2) is 4.68 Å². The number of rotatable bonds is 6. The highest BCUT2D eigenvalue weighted by Crippen LogP contribution is 2.17. The van der Waals surface area contributed by atoms with Gasteiger partial charge in [0.05, 0.1) is 11.4 Å². The fourth-order valence-corrected chi connectivity index (χ4v) is 3.40. The standard InChI is InChI=1S/C19H27N5O.ClH/c1-3-11-23-12-9-16(10-13-23)14-20-19(25)18-15(2)24(22-21-18)17-7-5-4-6-8-17;/h4-8,16H,3,9-14H2,1-2H3,(H,20,25);1H. The lowest BCUT2D eigenvalue weighted by Gasteiger charge is -2.31. The molecular formula is C19H28ClN5O. The number of amides is 1. The number of likely N-dealkylation sites (tertiary alicyclic amines) is 1. The van der Waals surface area contributed by atoms with Gasteiger partial charge in [0.1, 0.15) is 0 Å². The lowest BCUT2D eigenvalue weighted by Crippen LogP contribution is -2.39. The number of carbonyl (C=O) groups is 1. The van der Waals surface area contributed by atoms with Gasteiger partial charge < -0.3 is 10.2 Å². The molecule has 2 aromatic rings. The molecule has 1 aliphatic rings. The normalized spacial score (nSPS) is 15.5. The number of nitrogens with one attached hydrogen (secondary N) is 1. The van der Waals surface area contributed by atoms with Crippen LogP contribution in [0.1, 0.15) is 42.4 Å². The molecule has 2 heterocycles. The molecule has 7 heteroatoms. The van der Waals surface area contributed by atoms with E-state index < -0.39 is 0 Å². The van der Waals surface area contributed by atoms with Gasteiger partial charge in [-0.15, -0.1) is 17.5 Å². The molecule has 0 spiro atoms. The predicted molar refractivity (Wildman–Crippen MR) is 105 cm³/mol. The summed E-state index contributed by atoms with van der Waals surface area (Å²) in [7, 11) is 0. The zero-order chi connectivity index (χ0) is 17.6. The van der Waals surface area contributed by atoms with Gasteiger partial charge in [0.15, 0.2) is 5.69 Å². The maximum atomic E-state index is 12.5. The fraction of sp³-hybridized carbons (Fsp3) is 0.526. The van der Waals surface area contributed by atoms with Crippen molar-refractivity contribution in [3.63, 3.8) is 0 Å². The zero-order valence-electron chi connectivity index (χ0n) is 15.5. The van der Waals surface area contributed by atoms with Crippen LogP contribution in [0.4, 0.5) is 0 Å². The maximum Gasteiger partial charge on any atom is 0.273 e. The van der Waals surface area contributed by atoms with Crippen molar-refractivity contribution in [1.82, 2.24) is 25.2 Å². The monoisotopic (exact) mass is 377 g/mol. The topological polar surface area (TPSA) is 63.1 Å². The van der Waals surface area contributed by atoms with E-state index in [9.17, 15) is 4.79 Å². The van der Waals surface area contributed by atoms with Gasteiger partial charge in [0.25, 0.3) is 5.91 Å². The first-order valence-electron chi connectivity index (χ1n) is 9.17. The Kier molecular flexibility index (Phi) is 7.60. The highest BCUT2D eigenvalue weighted by molar-refractivity contribution is 5.93. The van der Waals surface area contributed by atoms with E-state index in [0.29, 0.717) is 11.6 Å². The second-order valence-corrected chi connectivity index (χ2v) is 6.77. The highest BCUT2D eigenvalue weighted by Gasteiger charge is 2.21. The Bertz CT molecular complexity index is 695. The maximum absolute atomic E-state index is 12.5. The number of piperidine rings is 1. The van der Waals surface area contributed by atoms with Gasteiger partial charge >= 0.3 is 0 Å². The quantitative estimate of drug-likeness (QED) is 0.840. The molecule has 0 unspecified atom stereocenters. The van der Waals surface area contributed by atoms with E-state index in [1.54, 1.807) is 4.68 Å². The largest absolute Gasteiger partial charge is 0.350 e. The molecular weight excluding hydrogens is 350 g/mol. The molecule has 1 fully saturated rings. The Morgan fingerprint density at radius 3 is 2.58 bits per heavy atom. The molecule has 0 aliphatic carbocycles. The second-order valence-electron chi connectivity index (χ2n) is 6.77. The van der Waals surface area contributed by atoms with E-state index in [0.717, 1.165) is 43.9 Å². The Morgan fingerprint density at radius 2 is 1.92 bits per heavy atom. The number of benzene rings is 1. The molecule has 1 aromatic carbocycles. The summed E-state index contributed by atoms with van der Waals surface area (Å²) in [5.74, 6) is 0.428. The van der Waals surface area contributed by atoms with E-state index in [1.165, 1.54) is 13.0 Å². The van der Waals surface area contributed by atoms with Crippen LogP contribution < -0.4 is 5.32 Å². The van der Waals surface area contributed by atoms with Gasteiger partial charge in [-0.1, -0.05) is 30.3 Å². The van der Waals surface area contributed by atoms with Gasteiger partial charge in [-0.2, -0.15) is 0 Å². The van der Waals surface area contributed by atoms with Crippen LogP contribution in [0.5, 0.6) is 0 Å². The molecule has 1 saturated heterocycles. The molecule has 1 aliphatic heterocycles. The van der Waals surface area contributed by atoms with E-state index in [-0.39, 0.29) is 18.3 Å². The predicted octanol–water partition coefficient (Wildman–Crippen LogP) is 2.85. The summed E-state index contributed by atoms with van der Waals surface area (Å²) in [6.45, 7) is 8.27. The Morgan fingerprint density at radius 1 is 1.23 bits per heavy atom. The van der Waals surface area contributed by atoms with E-state index >= 15 is 0 Å². The number of halogens is 1. The Hall–Kier alpha value is -1.92. The third kappa shape index (κ3) is 4.83. The van der Waals surface area contributed by atoms with Crippen LogP contribution in [0.3, 0.4) is 0 Å². The van der Waals surface area contributed by atoms with Crippen molar-refractivity contribution >= 4 is 18.3 Å². The first kappa shape index (κ1) is 20.4. The van der Waals surface area contributed by atoms with Crippen molar-refractivity contribution < 1.29 is 4.79 Å². The molecule has 0 radical (unpaired) electrons. The smallest absolute Gasteiger partial charge is 0.273 e. The Balaban J connectivity index is 0.00000243. The summed E-state index contributed by atoms with van der Waals surface area (Å²) in [6, 6.07) is 9.75. The molecule has 1 N–H and O–H groups in total. The van der Waals surface area contributed by atoms with Crippen LogP contribution >= 0.6 is 12.4 Å². The summed E-state index contributed by atoms with van der Waals surface area (Å²) in [5.41, 5.74) is 2.09. The van der Waals surface area contributed by atoms with Gasteiger partial charge in [-0.05, 0) is 63.9 Å². The summed E-state index contributed by atoms with van der Waals surface area (Å²) in [4.78, 5) is 15.0. The lowest BCUT2D eigenvalue weighted by molar-refractivity contribution is 0.0930. The van der Waals surface area contributed by atoms with E-state index in [1.807, 2.05) is 37.3 Å². The molecule has 1 aromatic heterocycles. The Labute approximate surface area is 161 Å².